The van der Waals surface area contributed by atoms with Crippen LogP contribution in [0.1, 0.15) is 12.5 Å². The smallest absolute Gasteiger partial charge is 0.344 e. The molecule has 10 heteroatoms. The normalized spacial score (nSPS) is 17.9. The van der Waals surface area contributed by atoms with Crippen molar-refractivity contribution in [2.75, 3.05) is 13.7 Å². The number of ether oxygens (including phenoxy) is 2. The van der Waals surface area contributed by atoms with Crippen molar-refractivity contribution in [2.45, 2.75) is 12.5 Å². The Hall–Kier alpha value is -4.34. The molecule has 4 rings (SSSR count). The van der Waals surface area contributed by atoms with Crippen molar-refractivity contribution in [2.24, 2.45) is 0 Å². The second-order valence-corrected chi connectivity index (χ2v) is 7.21. The summed E-state index contributed by atoms with van der Waals surface area (Å²) in [6, 6.07) is 13.6. The maximum Gasteiger partial charge on any atom is 0.344 e. The average Bonchev–Trinajstić information content (AvgIpc) is 3.01. The first-order valence-electron chi connectivity index (χ1n) is 9.57. The van der Waals surface area contributed by atoms with Crippen molar-refractivity contribution in [3.05, 3.63) is 70.6 Å². The van der Waals surface area contributed by atoms with E-state index in [1.165, 1.54) is 26.2 Å². The molecule has 0 bridgehead atoms. The van der Waals surface area contributed by atoms with E-state index in [4.69, 9.17) is 13.9 Å². The van der Waals surface area contributed by atoms with E-state index in [9.17, 15) is 19.2 Å². The van der Waals surface area contributed by atoms with Crippen molar-refractivity contribution in [1.82, 2.24) is 15.8 Å². The second-order valence-electron chi connectivity index (χ2n) is 7.21. The Bertz CT molecular complexity index is 1290. The number of methoxy groups -OCH3 is 1. The zero-order chi connectivity index (χ0) is 22.9. The van der Waals surface area contributed by atoms with Crippen LogP contribution in [-0.2, 0) is 15.1 Å². The van der Waals surface area contributed by atoms with E-state index in [0.717, 1.165) is 0 Å². The van der Waals surface area contributed by atoms with Crippen molar-refractivity contribution < 1.29 is 28.3 Å². The maximum atomic E-state index is 12.9. The van der Waals surface area contributed by atoms with E-state index in [2.05, 4.69) is 10.7 Å². The number of hydrogen-bond acceptors (Lipinski definition) is 7. The second kappa shape index (κ2) is 8.06. The van der Waals surface area contributed by atoms with Gasteiger partial charge in [0.15, 0.2) is 6.61 Å². The number of rotatable bonds is 6. The van der Waals surface area contributed by atoms with Crippen LogP contribution in [0, 0.1) is 0 Å². The minimum atomic E-state index is -1.38. The fourth-order valence-corrected chi connectivity index (χ4v) is 3.31. The standard InChI is InChI=1S/C22H19N3O7/c1-22(14-4-3-5-15(10-14)30-2)20(28)25(21(29)23-22)24-18(26)12-31-16-8-6-13-7-9-19(27)32-17(13)11-16/h3-11H,12H2,1-2H3,(H,23,29)(H,24,26)/t22-/m0/s1. The lowest BCUT2D eigenvalue weighted by molar-refractivity contribution is -0.139. The fourth-order valence-electron chi connectivity index (χ4n) is 3.31. The SMILES string of the molecule is COc1cccc([C@]2(C)NC(=O)N(NC(=O)COc3ccc4ccc(=O)oc4c3)C2=O)c1. The van der Waals surface area contributed by atoms with Gasteiger partial charge in [0.05, 0.1) is 7.11 Å². The predicted octanol–water partition coefficient (Wildman–Crippen LogP) is 1.68. The van der Waals surface area contributed by atoms with Gasteiger partial charge in [-0.2, -0.15) is 5.01 Å². The van der Waals surface area contributed by atoms with Gasteiger partial charge < -0.3 is 19.2 Å². The number of urea groups is 1. The third kappa shape index (κ3) is 3.85. The molecule has 32 heavy (non-hydrogen) atoms. The molecular formula is C22H19N3O7. The van der Waals surface area contributed by atoms with E-state index < -0.39 is 35.6 Å². The molecule has 0 radical (unpaired) electrons. The highest BCUT2D eigenvalue weighted by molar-refractivity contribution is 6.08. The zero-order valence-electron chi connectivity index (χ0n) is 17.2. The molecule has 0 saturated carbocycles. The van der Waals surface area contributed by atoms with Gasteiger partial charge in [-0.3, -0.25) is 15.0 Å². The topological polar surface area (TPSA) is 127 Å². The number of carbonyl (C=O) groups excluding carboxylic acids is 3. The Kier molecular flexibility index (Phi) is 5.27. The van der Waals surface area contributed by atoms with Gasteiger partial charge in [-0.1, -0.05) is 12.1 Å². The van der Waals surface area contributed by atoms with E-state index in [0.29, 0.717) is 27.3 Å². The Morgan fingerprint density at radius 2 is 1.88 bits per heavy atom. The summed E-state index contributed by atoms with van der Waals surface area (Å²) in [5.41, 5.74) is 1.17. The monoisotopic (exact) mass is 437 g/mol. The molecular weight excluding hydrogens is 418 g/mol. The summed E-state index contributed by atoms with van der Waals surface area (Å²) in [7, 11) is 1.49. The van der Waals surface area contributed by atoms with Crippen molar-refractivity contribution in [1.29, 1.82) is 0 Å². The van der Waals surface area contributed by atoms with Gasteiger partial charge in [-0.15, -0.1) is 0 Å². The number of amides is 4. The number of nitrogens with one attached hydrogen (secondary N) is 2. The Balaban J connectivity index is 1.43. The quantitative estimate of drug-likeness (QED) is 0.444. The number of fused-ring (bicyclic) bond motifs is 1. The van der Waals surface area contributed by atoms with Crippen LogP contribution in [0.25, 0.3) is 11.0 Å². The average molecular weight is 437 g/mol. The highest BCUT2D eigenvalue weighted by Gasteiger charge is 2.50. The first-order valence-corrected chi connectivity index (χ1v) is 9.57. The molecule has 1 saturated heterocycles. The van der Waals surface area contributed by atoms with Gasteiger partial charge in [0.25, 0.3) is 11.8 Å². The first-order chi connectivity index (χ1) is 15.3. The molecule has 1 atom stereocenters. The fraction of sp³-hybridized carbons (Fsp3) is 0.182. The van der Waals surface area contributed by atoms with Crippen LogP contribution in [0.2, 0.25) is 0 Å². The largest absolute Gasteiger partial charge is 0.497 e. The molecule has 4 amide bonds. The number of benzene rings is 2. The minimum absolute atomic E-state index is 0.278. The van der Waals surface area contributed by atoms with Gasteiger partial charge >= 0.3 is 11.7 Å². The molecule has 0 aliphatic carbocycles. The first kappa shape index (κ1) is 20.9. The lowest BCUT2D eigenvalue weighted by Gasteiger charge is -2.22. The van der Waals surface area contributed by atoms with Gasteiger partial charge in [-0.05, 0) is 42.8 Å². The summed E-state index contributed by atoms with van der Waals surface area (Å²) >= 11 is 0. The molecule has 2 heterocycles. The van der Waals surface area contributed by atoms with E-state index in [-0.39, 0.29) is 5.75 Å². The lowest BCUT2D eigenvalue weighted by Crippen LogP contribution is -2.49. The number of imide groups is 1. The van der Waals surface area contributed by atoms with Gasteiger partial charge in [-0.25, -0.2) is 9.59 Å². The number of hydrogen-bond donors (Lipinski definition) is 2. The number of carbonyl (C=O) groups is 3. The molecule has 1 fully saturated rings. The van der Waals surface area contributed by atoms with Crippen LogP contribution < -0.4 is 25.8 Å². The summed E-state index contributed by atoms with van der Waals surface area (Å²) in [6.07, 6.45) is 0. The van der Waals surface area contributed by atoms with Crippen molar-refractivity contribution in [3.63, 3.8) is 0 Å². The summed E-state index contributed by atoms with van der Waals surface area (Å²) in [6.45, 7) is 1.06. The van der Waals surface area contributed by atoms with E-state index in [1.54, 1.807) is 42.5 Å². The highest BCUT2D eigenvalue weighted by Crippen LogP contribution is 2.30. The molecule has 0 unspecified atom stereocenters. The van der Waals surface area contributed by atoms with Gasteiger partial charge in [0.1, 0.15) is 22.6 Å². The summed E-state index contributed by atoms with van der Waals surface area (Å²) in [4.78, 5) is 49.0. The highest BCUT2D eigenvalue weighted by atomic mass is 16.5. The summed E-state index contributed by atoms with van der Waals surface area (Å²) in [5, 5.41) is 3.89. The molecule has 164 valence electrons. The maximum absolute atomic E-state index is 12.9. The summed E-state index contributed by atoms with van der Waals surface area (Å²) in [5.74, 6) is -0.581. The van der Waals surface area contributed by atoms with Crippen LogP contribution in [0.3, 0.4) is 0 Å². The number of hydrazine groups is 1. The Labute approximate surface area is 181 Å². The molecule has 1 aromatic heterocycles. The van der Waals surface area contributed by atoms with Crippen LogP contribution >= 0.6 is 0 Å². The van der Waals surface area contributed by atoms with Crippen molar-refractivity contribution >= 4 is 28.8 Å². The summed E-state index contributed by atoms with van der Waals surface area (Å²) < 4.78 is 15.7. The molecule has 1 aliphatic heterocycles. The van der Waals surface area contributed by atoms with Crippen LogP contribution in [-0.4, -0.2) is 36.6 Å². The zero-order valence-corrected chi connectivity index (χ0v) is 17.2. The minimum Gasteiger partial charge on any atom is -0.497 e. The van der Waals surface area contributed by atoms with Gasteiger partial charge in [0, 0.05) is 17.5 Å². The van der Waals surface area contributed by atoms with Crippen LogP contribution in [0.4, 0.5) is 4.79 Å². The van der Waals surface area contributed by atoms with Crippen molar-refractivity contribution in [3.8, 4) is 11.5 Å². The molecule has 1 aliphatic rings. The Morgan fingerprint density at radius 1 is 1.09 bits per heavy atom. The third-order valence-electron chi connectivity index (χ3n) is 5.04. The van der Waals surface area contributed by atoms with Gasteiger partial charge in [0.2, 0.25) is 0 Å². The molecule has 3 aromatic rings. The predicted molar refractivity (Wildman–Crippen MR) is 112 cm³/mol. The molecule has 0 spiro atoms. The molecule has 2 aromatic carbocycles. The molecule has 2 N–H and O–H groups in total. The lowest BCUT2D eigenvalue weighted by atomic mass is 9.92. The number of nitrogens with zero attached hydrogens (tertiary/aromatic N) is 1. The van der Waals surface area contributed by atoms with Crippen LogP contribution in [0.15, 0.2) is 63.8 Å². The van der Waals surface area contributed by atoms with Crippen LogP contribution in [0.5, 0.6) is 11.5 Å². The van der Waals surface area contributed by atoms with E-state index >= 15 is 0 Å². The molecule has 10 nitrogen and oxygen atoms in total. The third-order valence-corrected chi connectivity index (χ3v) is 5.04. The van der Waals surface area contributed by atoms with E-state index in [1.807, 2.05) is 0 Å². The Morgan fingerprint density at radius 3 is 2.66 bits per heavy atom.